The van der Waals surface area contributed by atoms with Gasteiger partial charge in [-0.25, -0.2) is 8.42 Å². The molecular formula is C15H19BrN2O4S. The molecule has 2 N–H and O–H groups in total. The summed E-state index contributed by atoms with van der Waals surface area (Å²) in [5.41, 5.74) is 0.399. The van der Waals surface area contributed by atoms with E-state index in [-0.39, 0.29) is 24.1 Å². The highest BCUT2D eigenvalue weighted by Crippen LogP contribution is 2.19. The topological polar surface area (TPSA) is 92.3 Å². The van der Waals surface area contributed by atoms with Crippen LogP contribution in [0.15, 0.2) is 28.7 Å². The molecule has 0 heterocycles. The van der Waals surface area contributed by atoms with Gasteiger partial charge in [0.05, 0.1) is 11.3 Å². The van der Waals surface area contributed by atoms with E-state index in [1.165, 1.54) is 0 Å². The standard InChI is InChI=1S/C15H19BrN2O4S/c1-23(21,22)9-8-13(15(20)17-10-6-7-10)18-14(19)11-4-2-3-5-12(11)16/h2-5,10,13H,6-9H2,1H3,(H,17,20)(H,18,19)/t13-/m0/s1. The zero-order chi connectivity index (χ0) is 17.0. The van der Waals surface area contributed by atoms with Crippen molar-refractivity contribution < 1.29 is 18.0 Å². The highest BCUT2D eigenvalue weighted by molar-refractivity contribution is 9.10. The Hall–Kier alpha value is -1.41. The summed E-state index contributed by atoms with van der Waals surface area (Å²) in [7, 11) is -3.21. The van der Waals surface area contributed by atoms with Crippen molar-refractivity contribution in [3.63, 3.8) is 0 Å². The van der Waals surface area contributed by atoms with Gasteiger partial charge in [0.25, 0.3) is 5.91 Å². The molecule has 2 amide bonds. The van der Waals surface area contributed by atoms with Crippen LogP contribution in [0.1, 0.15) is 29.6 Å². The van der Waals surface area contributed by atoms with Crippen molar-refractivity contribution in [1.29, 1.82) is 0 Å². The summed E-state index contributed by atoms with van der Waals surface area (Å²) in [6, 6.07) is 6.13. The number of benzene rings is 1. The number of sulfone groups is 1. The quantitative estimate of drug-likeness (QED) is 0.717. The van der Waals surface area contributed by atoms with Gasteiger partial charge in [-0.2, -0.15) is 0 Å². The Morgan fingerprint density at radius 2 is 1.96 bits per heavy atom. The van der Waals surface area contributed by atoms with E-state index in [4.69, 9.17) is 0 Å². The number of carbonyl (C=O) groups excluding carboxylic acids is 2. The lowest BCUT2D eigenvalue weighted by Crippen LogP contribution is -2.48. The molecule has 2 rings (SSSR count). The maximum Gasteiger partial charge on any atom is 0.253 e. The lowest BCUT2D eigenvalue weighted by atomic mass is 10.1. The van der Waals surface area contributed by atoms with E-state index in [9.17, 15) is 18.0 Å². The van der Waals surface area contributed by atoms with E-state index in [1.54, 1.807) is 24.3 Å². The summed E-state index contributed by atoms with van der Waals surface area (Å²) in [5, 5.41) is 5.44. The number of halogens is 1. The minimum Gasteiger partial charge on any atom is -0.352 e. The zero-order valence-electron chi connectivity index (χ0n) is 12.7. The van der Waals surface area contributed by atoms with Crippen LogP contribution in [0.5, 0.6) is 0 Å². The van der Waals surface area contributed by atoms with Crippen molar-refractivity contribution in [1.82, 2.24) is 10.6 Å². The van der Waals surface area contributed by atoms with Gasteiger partial charge in [0.1, 0.15) is 15.9 Å². The van der Waals surface area contributed by atoms with Crippen molar-refractivity contribution in [2.75, 3.05) is 12.0 Å². The first-order valence-electron chi connectivity index (χ1n) is 7.30. The molecule has 0 saturated heterocycles. The van der Waals surface area contributed by atoms with E-state index in [1.807, 2.05) is 0 Å². The largest absolute Gasteiger partial charge is 0.352 e. The molecule has 1 saturated carbocycles. The van der Waals surface area contributed by atoms with Crippen LogP contribution in [0, 0.1) is 0 Å². The molecule has 1 aromatic rings. The Bertz CT molecular complexity index is 701. The Balaban J connectivity index is 2.07. The van der Waals surface area contributed by atoms with Crippen molar-refractivity contribution in [2.24, 2.45) is 0 Å². The van der Waals surface area contributed by atoms with Crippen LogP contribution < -0.4 is 10.6 Å². The number of nitrogens with one attached hydrogen (secondary N) is 2. The van der Waals surface area contributed by atoms with Gasteiger partial charge in [-0.1, -0.05) is 12.1 Å². The van der Waals surface area contributed by atoms with Crippen LogP contribution in [0.2, 0.25) is 0 Å². The van der Waals surface area contributed by atoms with Crippen LogP contribution in [-0.4, -0.2) is 44.3 Å². The lowest BCUT2D eigenvalue weighted by molar-refractivity contribution is -0.123. The molecule has 1 atom stereocenters. The van der Waals surface area contributed by atoms with Gasteiger partial charge < -0.3 is 10.6 Å². The number of amides is 2. The molecule has 0 spiro atoms. The van der Waals surface area contributed by atoms with Gasteiger partial charge in [0, 0.05) is 16.8 Å². The van der Waals surface area contributed by atoms with E-state index >= 15 is 0 Å². The minimum atomic E-state index is -3.21. The van der Waals surface area contributed by atoms with Gasteiger partial charge in [-0.05, 0) is 47.3 Å². The first kappa shape index (κ1) is 17.9. The monoisotopic (exact) mass is 402 g/mol. The molecule has 6 nitrogen and oxygen atoms in total. The SMILES string of the molecule is CS(=O)(=O)CC[C@H](NC(=O)c1ccccc1Br)C(=O)NC1CC1. The van der Waals surface area contributed by atoms with Crippen LogP contribution >= 0.6 is 15.9 Å². The fourth-order valence-corrected chi connectivity index (χ4v) is 3.14. The molecule has 0 radical (unpaired) electrons. The highest BCUT2D eigenvalue weighted by atomic mass is 79.9. The van der Waals surface area contributed by atoms with Crippen molar-refractivity contribution >= 4 is 37.6 Å². The number of rotatable bonds is 7. The van der Waals surface area contributed by atoms with Crippen LogP contribution in [0.25, 0.3) is 0 Å². The third-order valence-corrected chi connectivity index (χ3v) is 5.11. The first-order valence-corrected chi connectivity index (χ1v) is 10.1. The predicted molar refractivity (Wildman–Crippen MR) is 90.9 cm³/mol. The van der Waals surface area contributed by atoms with Gasteiger partial charge >= 0.3 is 0 Å². The number of carbonyl (C=O) groups is 2. The van der Waals surface area contributed by atoms with Crippen LogP contribution in [0.4, 0.5) is 0 Å². The maximum absolute atomic E-state index is 12.3. The number of hydrogen-bond acceptors (Lipinski definition) is 4. The molecule has 1 aliphatic rings. The summed E-state index contributed by atoms with van der Waals surface area (Å²) in [6.07, 6.45) is 3.00. The first-order chi connectivity index (χ1) is 10.8. The molecule has 0 aliphatic heterocycles. The predicted octanol–water partition coefficient (Wildman–Crippen LogP) is 1.26. The average molecular weight is 403 g/mol. The Morgan fingerprint density at radius 3 is 2.52 bits per heavy atom. The second-order valence-electron chi connectivity index (χ2n) is 5.71. The molecule has 0 unspecified atom stereocenters. The van der Waals surface area contributed by atoms with Gasteiger partial charge in [0.2, 0.25) is 5.91 Å². The lowest BCUT2D eigenvalue weighted by Gasteiger charge is -2.18. The third-order valence-electron chi connectivity index (χ3n) is 3.44. The molecule has 0 bridgehead atoms. The average Bonchev–Trinajstić information content (AvgIpc) is 3.26. The molecule has 1 aliphatic carbocycles. The Morgan fingerprint density at radius 1 is 1.30 bits per heavy atom. The molecule has 23 heavy (non-hydrogen) atoms. The highest BCUT2D eigenvalue weighted by Gasteiger charge is 2.29. The van der Waals surface area contributed by atoms with Crippen LogP contribution in [0.3, 0.4) is 0 Å². The van der Waals surface area contributed by atoms with E-state index < -0.39 is 21.8 Å². The smallest absolute Gasteiger partial charge is 0.253 e. The number of hydrogen-bond donors (Lipinski definition) is 2. The van der Waals surface area contributed by atoms with Crippen molar-refractivity contribution in [3.8, 4) is 0 Å². The van der Waals surface area contributed by atoms with E-state index in [2.05, 4.69) is 26.6 Å². The third kappa shape index (κ3) is 5.95. The van der Waals surface area contributed by atoms with Gasteiger partial charge in [0.15, 0.2) is 0 Å². The second-order valence-corrected chi connectivity index (χ2v) is 8.82. The molecular weight excluding hydrogens is 384 g/mol. The summed E-state index contributed by atoms with van der Waals surface area (Å²) in [5.74, 6) is -0.912. The molecule has 8 heteroatoms. The van der Waals surface area contributed by atoms with Crippen LogP contribution in [-0.2, 0) is 14.6 Å². The molecule has 126 valence electrons. The summed E-state index contributed by atoms with van der Waals surface area (Å²) >= 11 is 3.29. The van der Waals surface area contributed by atoms with Gasteiger partial charge in [-0.15, -0.1) is 0 Å². The normalized spacial score (nSPS) is 15.7. The molecule has 0 aromatic heterocycles. The Labute approximate surface area is 144 Å². The fourth-order valence-electron chi connectivity index (χ4n) is 2.01. The fraction of sp³-hybridized carbons (Fsp3) is 0.467. The van der Waals surface area contributed by atoms with Gasteiger partial charge in [-0.3, -0.25) is 9.59 Å². The van der Waals surface area contributed by atoms with E-state index in [0.717, 1.165) is 19.1 Å². The Kier molecular flexibility index (Phi) is 5.80. The summed E-state index contributed by atoms with van der Waals surface area (Å²) in [6.45, 7) is 0. The molecule has 1 aromatic carbocycles. The van der Waals surface area contributed by atoms with E-state index in [0.29, 0.717) is 10.0 Å². The zero-order valence-corrected chi connectivity index (χ0v) is 15.1. The summed E-state index contributed by atoms with van der Waals surface area (Å²) < 4.78 is 23.3. The maximum atomic E-state index is 12.3. The summed E-state index contributed by atoms with van der Waals surface area (Å²) in [4.78, 5) is 24.6. The second kappa shape index (κ2) is 7.44. The molecule has 1 fully saturated rings. The minimum absolute atomic E-state index is 0.0492. The van der Waals surface area contributed by atoms with Crippen molar-refractivity contribution in [2.45, 2.75) is 31.3 Å². The van der Waals surface area contributed by atoms with Crippen molar-refractivity contribution in [3.05, 3.63) is 34.3 Å².